The van der Waals surface area contributed by atoms with Crippen molar-refractivity contribution in [3.05, 3.63) is 0 Å². The first-order chi connectivity index (χ1) is 5.00. The maximum atomic E-state index is 10.6. The molecule has 0 heterocycles. The SMILES string of the molecule is CC#CCCC(C)(C)C(=O)O. The van der Waals surface area contributed by atoms with Crippen LogP contribution in [0.5, 0.6) is 0 Å². The van der Waals surface area contributed by atoms with Gasteiger partial charge >= 0.3 is 5.97 Å². The van der Waals surface area contributed by atoms with Crippen LogP contribution in [0.25, 0.3) is 0 Å². The van der Waals surface area contributed by atoms with Gasteiger partial charge in [-0.25, -0.2) is 0 Å². The van der Waals surface area contributed by atoms with E-state index >= 15 is 0 Å². The molecule has 0 saturated carbocycles. The quantitative estimate of drug-likeness (QED) is 0.630. The molecule has 0 atom stereocenters. The van der Waals surface area contributed by atoms with Crippen molar-refractivity contribution in [3.63, 3.8) is 0 Å². The van der Waals surface area contributed by atoms with Crippen LogP contribution in [0.15, 0.2) is 0 Å². The average Bonchev–Trinajstić information content (AvgIpc) is 1.88. The Morgan fingerprint density at radius 3 is 2.45 bits per heavy atom. The lowest BCUT2D eigenvalue weighted by atomic mass is 9.88. The summed E-state index contributed by atoms with van der Waals surface area (Å²) in [4.78, 5) is 10.6. The monoisotopic (exact) mass is 154 g/mol. The Bertz CT molecular complexity index is 193. The number of aliphatic carboxylic acids is 1. The van der Waals surface area contributed by atoms with Gasteiger partial charge in [-0.1, -0.05) is 0 Å². The van der Waals surface area contributed by atoms with Crippen LogP contribution >= 0.6 is 0 Å². The maximum Gasteiger partial charge on any atom is 0.309 e. The summed E-state index contributed by atoms with van der Waals surface area (Å²) in [5.74, 6) is 4.83. The van der Waals surface area contributed by atoms with Crippen molar-refractivity contribution in [1.29, 1.82) is 0 Å². The molecule has 0 spiro atoms. The molecule has 62 valence electrons. The fraction of sp³-hybridized carbons (Fsp3) is 0.667. The lowest BCUT2D eigenvalue weighted by Crippen LogP contribution is -2.23. The van der Waals surface area contributed by atoms with Gasteiger partial charge < -0.3 is 5.11 Å². The van der Waals surface area contributed by atoms with Crippen molar-refractivity contribution in [2.45, 2.75) is 33.6 Å². The van der Waals surface area contributed by atoms with E-state index in [0.29, 0.717) is 12.8 Å². The molecule has 0 bridgehead atoms. The molecule has 0 fully saturated rings. The molecule has 0 aliphatic carbocycles. The number of carboxylic acids is 1. The van der Waals surface area contributed by atoms with E-state index in [4.69, 9.17) is 5.11 Å². The zero-order valence-corrected chi connectivity index (χ0v) is 7.27. The summed E-state index contributed by atoms with van der Waals surface area (Å²) < 4.78 is 0. The van der Waals surface area contributed by atoms with E-state index in [1.54, 1.807) is 20.8 Å². The highest BCUT2D eigenvalue weighted by Gasteiger charge is 2.25. The van der Waals surface area contributed by atoms with Gasteiger partial charge in [0.05, 0.1) is 5.41 Å². The highest BCUT2D eigenvalue weighted by atomic mass is 16.4. The second-order valence-electron chi connectivity index (χ2n) is 3.12. The van der Waals surface area contributed by atoms with Crippen LogP contribution < -0.4 is 0 Å². The van der Waals surface area contributed by atoms with Gasteiger partial charge in [-0.05, 0) is 27.2 Å². The highest BCUT2D eigenvalue weighted by molar-refractivity contribution is 5.73. The minimum atomic E-state index is -0.754. The third-order valence-electron chi connectivity index (χ3n) is 1.63. The molecule has 0 saturated heterocycles. The van der Waals surface area contributed by atoms with Crippen molar-refractivity contribution in [3.8, 4) is 11.8 Å². The number of carbonyl (C=O) groups is 1. The Morgan fingerprint density at radius 2 is 2.09 bits per heavy atom. The number of rotatable bonds is 3. The fourth-order valence-corrected chi connectivity index (χ4v) is 0.607. The molecule has 0 rings (SSSR count). The maximum absolute atomic E-state index is 10.6. The number of carboxylic acid groups (broad SMARTS) is 1. The molecule has 0 unspecified atom stereocenters. The molecule has 1 N–H and O–H groups in total. The van der Waals surface area contributed by atoms with Crippen LogP contribution in [0.4, 0.5) is 0 Å². The third kappa shape index (κ3) is 3.67. The molecule has 0 amide bonds. The van der Waals surface area contributed by atoms with Crippen molar-refractivity contribution in [2.75, 3.05) is 0 Å². The minimum Gasteiger partial charge on any atom is -0.481 e. The predicted molar refractivity (Wildman–Crippen MR) is 44.1 cm³/mol. The van der Waals surface area contributed by atoms with Crippen LogP contribution in [0.3, 0.4) is 0 Å². The van der Waals surface area contributed by atoms with E-state index in [0.717, 1.165) is 0 Å². The summed E-state index contributed by atoms with van der Waals surface area (Å²) in [5, 5.41) is 8.69. The van der Waals surface area contributed by atoms with Gasteiger partial charge in [-0.2, -0.15) is 0 Å². The largest absolute Gasteiger partial charge is 0.481 e. The van der Waals surface area contributed by atoms with Gasteiger partial charge in [-0.3, -0.25) is 4.79 Å². The summed E-state index contributed by atoms with van der Waals surface area (Å²) in [6, 6.07) is 0. The van der Waals surface area contributed by atoms with E-state index in [1.807, 2.05) is 0 Å². The Balaban J connectivity index is 3.89. The van der Waals surface area contributed by atoms with Gasteiger partial charge in [0.25, 0.3) is 0 Å². The van der Waals surface area contributed by atoms with Crippen LogP contribution in [-0.2, 0) is 4.79 Å². The predicted octanol–water partition coefficient (Wildman–Crippen LogP) is 1.90. The zero-order valence-electron chi connectivity index (χ0n) is 7.27. The van der Waals surface area contributed by atoms with Gasteiger partial charge in [0.2, 0.25) is 0 Å². The van der Waals surface area contributed by atoms with Crippen LogP contribution in [0, 0.1) is 17.3 Å². The lowest BCUT2D eigenvalue weighted by Gasteiger charge is -2.16. The summed E-state index contributed by atoms with van der Waals surface area (Å²) >= 11 is 0. The lowest BCUT2D eigenvalue weighted by molar-refractivity contribution is -0.147. The first-order valence-corrected chi connectivity index (χ1v) is 3.63. The molecule has 0 aliphatic heterocycles. The molecule has 0 radical (unpaired) electrons. The Hall–Kier alpha value is -0.970. The molecule has 2 heteroatoms. The van der Waals surface area contributed by atoms with Gasteiger partial charge in [0, 0.05) is 6.42 Å². The Labute approximate surface area is 67.6 Å². The number of hydrogen-bond donors (Lipinski definition) is 1. The van der Waals surface area contributed by atoms with E-state index < -0.39 is 11.4 Å². The summed E-state index contributed by atoms with van der Waals surface area (Å²) in [5.41, 5.74) is -0.635. The highest BCUT2D eigenvalue weighted by Crippen LogP contribution is 2.21. The normalized spacial score (nSPS) is 10.1. The first-order valence-electron chi connectivity index (χ1n) is 3.63. The topological polar surface area (TPSA) is 37.3 Å². The standard InChI is InChI=1S/C9H14O2/c1-4-5-6-7-9(2,3)8(10)11/h6-7H2,1-3H3,(H,10,11). The molecule has 0 aromatic carbocycles. The molecular formula is C9H14O2. The van der Waals surface area contributed by atoms with Crippen LogP contribution in [0.2, 0.25) is 0 Å². The first kappa shape index (κ1) is 10.0. The molecule has 0 aromatic heterocycles. The smallest absolute Gasteiger partial charge is 0.309 e. The van der Waals surface area contributed by atoms with Crippen molar-refractivity contribution < 1.29 is 9.90 Å². The van der Waals surface area contributed by atoms with E-state index in [9.17, 15) is 4.79 Å². The van der Waals surface area contributed by atoms with Gasteiger partial charge in [0.15, 0.2) is 0 Å². The van der Waals surface area contributed by atoms with E-state index in [1.165, 1.54) is 0 Å². The van der Waals surface area contributed by atoms with Crippen molar-refractivity contribution in [1.82, 2.24) is 0 Å². The zero-order chi connectivity index (χ0) is 8.91. The van der Waals surface area contributed by atoms with Crippen LogP contribution in [-0.4, -0.2) is 11.1 Å². The third-order valence-corrected chi connectivity index (χ3v) is 1.63. The second-order valence-corrected chi connectivity index (χ2v) is 3.12. The molecule has 0 aromatic rings. The average molecular weight is 154 g/mol. The van der Waals surface area contributed by atoms with Crippen LogP contribution in [0.1, 0.15) is 33.6 Å². The Morgan fingerprint density at radius 1 is 1.55 bits per heavy atom. The fourth-order valence-electron chi connectivity index (χ4n) is 0.607. The van der Waals surface area contributed by atoms with E-state index in [2.05, 4.69) is 11.8 Å². The Kier molecular flexibility index (Phi) is 3.67. The van der Waals surface area contributed by atoms with Crippen molar-refractivity contribution in [2.24, 2.45) is 5.41 Å². The number of hydrogen-bond acceptors (Lipinski definition) is 1. The minimum absolute atomic E-state index is 0.614. The van der Waals surface area contributed by atoms with Gasteiger partial charge in [-0.15, -0.1) is 11.8 Å². The molecular weight excluding hydrogens is 140 g/mol. The molecule has 2 nitrogen and oxygen atoms in total. The summed E-state index contributed by atoms with van der Waals surface area (Å²) in [6.45, 7) is 5.19. The second kappa shape index (κ2) is 4.02. The summed E-state index contributed by atoms with van der Waals surface area (Å²) in [6.07, 6.45) is 1.28. The van der Waals surface area contributed by atoms with E-state index in [-0.39, 0.29) is 0 Å². The summed E-state index contributed by atoms with van der Waals surface area (Å²) in [7, 11) is 0. The molecule has 11 heavy (non-hydrogen) atoms. The van der Waals surface area contributed by atoms with Crippen molar-refractivity contribution >= 4 is 5.97 Å². The van der Waals surface area contributed by atoms with Gasteiger partial charge in [0.1, 0.15) is 0 Å². The molecule has 0 aliphatic rings.